The standard InChI is InChI=1S/C13H17NO5/c1-13(2,3)19-12(17)14-9-4-6-10(7-5-9)18-8-11(15)16/h4-7H,8H2,1-3H3,(H,14,17)(H,15,16). The fraction of sp³-hybridized carbons (Fsp3) is 0.385. The van der Waals surface area contributed by atoms with Gasteiger partial charge >= 0.3 is 12.1 Å². The highest BCUT2D eigenvalue weighted by atomic mass is 16.6. The molecule has 0 fully saturated rings. The zero-order chi connectivity index (χ0) is 14.5. The lowest BCUT2D eigenvalue weighted by Crippen LogP contribution is -2.27. The van der Waals surface area contributed by atoms with Gasteiger partial charge in [-0.3, -0.25) is 5.32 Å². The SMILES string of the molecule is CC(C)(C)OC(=O)Nc1ccc(OCC(=O)O)cc1. The number of aliphatic carboxylic acids is 1. The predicted molar refractivity (Wildman–Crippen MR) is 69.4 cm³/mol. The zero-order valence-electron chi connectivity index (χ0n) is 11.1. The van der Waals surface area contributed by atoms with Crippen molar-refractivity contribution < 1.29 is 24.2 Å². The summed E-state index contributed by atoms with van der Waals surface area (Å²) in [6.07, 6.45) is -0.549. The third kappa shape index (κ3) is 6.30. The Labute approximate surface area is 111 Å². The minimum atomic E-state index is -1.05. The van der Waals surface area contributed by atoms with E-state index in [9.17, 15) is 9.59 Å². The lowest BCUT2D eigenvalue weighted by atomic mass is 10.2. The minimum Gasteiger partial charge on any atom is -0.482 e. The third-order valence-electron chi connectivity index (χ3n) is 1.86. The Bertz CT molecular complexity index is 447. The molecule has 0 saturated heterocycles. The number of carboxylic acid groups (broad SMARTS) is 1. The van der Waals surface area contributed by atoms with Crippen molar-refractivity contribution in [1.82, 2.24) is 0 Å². The topological polar surface area (TPSA) is 84.9 Å². The summed E-state index contributed by atoms with van der Waals surface area (Å²) in [6.45, 7) is 4.92. The maximum atomic E-state index is 11.5. The van der Waals surface area contributed by atoms with Crippen LogP contribution in [0, 0.1) is 0 Å². The van der Waals surface area contributed by atoms with Crippen LogP contribution < -0.4 is 10.1 Å². The number of carboxylic acids is 1. The molecule has 0 aliphatic carbocycles. The van der Waals surface area contributed by atoms with Crippen molar-refractivity contribution in [1.29, 1.82) is 0 Å². The van der Waals surface area contributed by atoms with Crippen molar-refractivity contribution in [2.75, 3.05) is 11.9 Å². The molecule has 0 unspecified atom stereocenters. The van der Waals surface area contributed by atoms with Gasteiger partial charge in [0.1, 0.15) is 11.4 Å². The van der Waals surface area contributed by atoms with Crippen LogP contribution in [0.3, 0.4) is 0 Å². The average molecular weight is 267 g/mol. The Hall–Kier alpha value is -2.24. The van der Waals surface area contributed by atoms with Crippen molar-refractivity contribution in [2.45, 2.75) is 26.4 Å². The molecule has 1 amide bonds. The lowest BCUT2D eigenvalue weighted by molar-refractivity contribution is -0.139. The number of ether oxygens (including phenoxy) is 2. The molecule has 0 radical (unpaired) electrons. The second kappa shape index (κ2) is 6.08. The van der Waals surface area contributed by atoms with E-state index in [1.54, 1.807) is 45.0 Å². The summed E-state index contributed by atoms with van der Waals surface area (Å²) in [5, 5.41) is 11.0. The van der Waals surface area contributed by atoms with Gasteiger partial charge in [-0.2, -0.15) is 0 Å². The molecule has 0 aliphatic rings. The number of hydrogen-bond donors (Lipinski definition) is 2. The van der Waals surface area contributed by atoms with E-state index in [0.29, 0.717) is 11.4 Å². The molecule has 2 N–H and O–H groups in total. The van der Waals surface area contributed by atoms with Gasteiger partial charge < -0.3 is 14.6 Å². The Morgan fingerprint density at radius 1 is 1.21 bits per heavy atom. The van der Waals surface area contributed by atoms with Gasteiger partial charge in [0.25, 0.3) is 0 Å². The zero-order valence-corrected chi connectivity index (χ0v) is 11.1. The number of rotatable bonds is 4. The third-order valence-corrected chi connectivity index (χ3v) is 1.86. The number of carbonyl (C=O) groups is 2. The highest BCUT2D eigenvalue weighted by Crippen LogP contribution is 2.16. The molecule has 0 aromatic heterocycles. The van der Waals surface area contributed by atoms with E-state index < -0.39 is 24.3 Å². The van der Waals surface area contributed by atoms with Gasteiger partial charge in [0, 0.05) is 5.69 Å². The molecular formula is C13H17NO5. The van der Waals surface area contributed by atoms with Gasteiger partial charge in [0.05, 0.1) is 0 Å². The first kappa shape index (κ1) is 14.8. The normalized spacial score (nSPS) is 10.7. The van der Waals surface area contributed by atoms with Crippen LogP contribution in [0.25, 0.3) is 0 Å². The van der Waals surface area contributed by atoms with Crippen LogP contribution in [0.4, 0.5) is 10.5 Å². The van der Waals surface area contributed by atoms with Crippen molar-refractivity contribution >= 4 is 17.7 Å². The van der Waals surface area contributed by atoms with Gasteiger partial charge in [-0.15, -0.1) is 0 Å². The Morgan fingerprint density at radius 2 is 1.79 bits per heavy atom. The molecule has 104 valence electrons. The first-order valence-corrected chi connectivity index (χ1v) is 5.71. The molecule has 0 heterocycles. The fourth-order valence-corrected chi connectivity index (χ4v) is 1.20. The average Bonchev–Trinajstić information content (AvgIpc) is 2.25. The number of nitrogens with one attached hydrogen (secondary N) is 1. The van der Waals surface area contributed by atoms with E-state index in [4.69, 9.17) is 14.6 Å². The van der Waals surface area contributed by atoms with Crippen LogP contribution in [0.15, 0.2) is 24.3 Å². The van der Waals surface area contributed by atoms with Crippen molar-refractivity contribution in [3.63, 3.8) is 0 Å². The Balaban J connectivity index is 2.52. The summed E-state index contributed by atoms with van der Waals surface area (Å²) in [4.78, 5) is 21.8. The van der Waals surface area contributed by atoms with Crippen LogP contribution in [0.2, 0.25) is 0 Å². The Kier molecular flexibility index (Phi) is 4.74. The molecule has 1 aromatic carbocycles. The minimum absolute atomic E-state index is 0.404. The van der Waals surface area contributed by atoms with E-state index in [1.165, 1.54) is 0 Å². The maximum Gasteiger partial charge on any atom is 0.412 e. The molecule has 0 saturated carbocycles. The molecule has 0 spiro atoms. The number of amides is 1. The maximum absolute atomic E-state index is 11.5. The molecular weight excluding hydrogens is 250 g/mol. The number of anilines is 1. The van der Waals surface area contributed by atoms with Gasteiger partial charge in [-0.1, -0.05) is 0 Å². The van der Waals surface area contributed by atoms with E-state index in [1.807, 2.05) is 0 Å². The smallest absolute Gasteiger partial charge is 0.412 e. The summed E-state index contributed by atoms with van der Waals surface area (Å²) in [5.74, 6) is -0.631. The molecule has 0 atom stereocenters. The van der Waals surface area contributed by atoms with Crippen molar-refractivity contribution in [3.05, 3.63) is 24.3 Å². The monoisotopic (exact) mass is 267 g/mol. The van der Waals surface area contributed by atoms with Crippen molar-refractivity contribution in [3.8, 4) is 5.75 Å². The summed E-state index contributed by atoms with van der Waals surface area (Å²) < 4.78 is 10.1. The molecule has 6 nitrogen and oxygen atoms in total. The lowest BCUT2D eigenvalue weighted by Gasteiger charge is -2.19. The molecule has 1 aromatic rings. The predicted octanol–water partition coefficient (Wildman–Crippen LogP) is 2.50. The quantitative estimate of drug-likeness (QED) is 0.875. The largest absolute Gasteiger partial charge is 0.482 e. The van der Waals surface area contributed by atoms with E-state index in [-0.39, 0.29) is 0 Å². The second-order valence-electron chi connectivity index (χ2n) is 4.83. The molecule has 19 heavy (non-hydrogen) atoms. The fourth-order valence-electron chi connectivity index (χ4n) is 1.20. The van der Waals surface area contributed by atoms with Crippen LogP contribution in [0.1, 0.15) is 20.8 Å². The van der Waals surface area contributed by atoms with Crippen LogP contribution >= 0.6 is 0 Å². The first-order chi connectivity index (χ1) is 8.76. The second-order valence-corrected chi connectivity index (χ2v) is 4.83. The van der Waals surface area contributed by atoms with Gasteiger partial charge in [0.15, 0.2) is 6.61 Å². The molecule has 6 heteroatoms. The van der Waals surface area contributed by atoms with Crippen LogP contribution in [-0.4, -0.2) is 29.4 Å². The summed E-state index contributed by atoms with van der Waals surface area (Å²) in [6, 6.07) is 6.33. The highest BCUT2D eigenvalue weighted by Gasteiger charge is 2.16. The Morgan fingerprint density at radius 3 is 2.26 bits per heavy atom. The number of benzene rings is 1. The number of hydrogen-bond acceptors (Lipinski definition) is 4. The first-order valence-electron chi connectivity index (χ1n) is 5.71. The van der Waals surface area contributed by atoms with E-state index in [2.05, 4.69) is 5.32 Å². The van der Waals surface area contributed by atoms with Gasteiger partial charge in [-0.05, 0) is 45.0 Å². The van der Waals surface area contributed by atoms with E-state index >= 15 is 0 Å². The van der Waals surface area contributed by atoms with E-state index in [0.717, 1.165) is 0 Å². The summed E-state index contributed by atoms with van der Waals surface area (Å²) >= 11 is 0. The molecule has 0 bridgehead atoms. The number of carbonyl (C=O) groups excluding carboxylic acids is 1. The van der Waals surface area contributed by atoms with Crippen molar-refractivity contribution in [2.24, 2.45) is 0 Å². The van der Waals surface area contributed by atoms with Crippen LogP contribution in [0.5, 0.6) is 5.75 Å². The molecule has 1 rings (SSSR count). The van der Waals surface area contributed by atoms with Gasteiger partial charge in [-0.25, -0.2) is 9.59 Å². The summed E-state index contributed by atoms with van der Waals surface area (Å²) in [5.41, 5.74) is -0.0221. The molecule has 0 aliphatic heterocycles. The van der Waals surface area contributed by atoms with Crippen LogP contribution in [-0.2, 0) is 9.53 Å². The summed E-state index contributed by atoms with van der Waals surface area (Å²) in [7, 11) is 0. The highest BCUT2D eigenvalue weighted by molar-refractivity contribution is 5.84. The van der Waals surface area contributed by atoms with Gasteiger partial charge in [0.2, 0.25) is 0 Å².